The zero-order valence-corrected chi connectivity index (χ0v) is 3.92. The quantitative estimate of drug-likeness (QED) is 0.238. The van der Waals surface area contributed by atoms with Crippen molar-refractivity contribution in [1.82, 2.24) is 0 Å². The van der Waals surface area contributed by atoms with E-state index in [9.17, 15) is 0 Å². The van der Waals surface area contributed by atoms with Crippen LogP contribution in [0.5, 0.6) is 0 Å². The van der Waals surface area contributed by atoms with Gasteiger partial charge in [-0.3, -0.25) is 0 Å². The highest BCUT2D eigenvalue weighted by Crippen LogP contribution is 2.10. The fourth-order valence-electron chi connectivity index (χ4n) is 0.100. The van der Waals surface area contributed by atoms with E-state index in [-0.39, 0.29) is 0 Å². The summed E-state index contributed by atoms with van der Waals surface area (Å²) in [5.41, 5.74) is 0. The van der Waals surface area contributed by atoms with Gasteiger partial charge in [-0.2, -0.15) is 0 Å². The van der Waals surface area contributed by atoms with E-state index in [4.69, 9.17) is 21.0 Å². The topological polar surface area (TPSA) is 118 Å². The lowest BCUT2D eigenvalue weighted by Crippen LogP contribution is -2.38. The van der Waals surface area contributed by atoms with Crippen LogP contribution in [0, 0.1) is 0 Å². The van der Waals surface area contributed by atoms with Gasteiger partial charge < -0.3 is 0 Å². The Labute approximate surface area is 48.1 Å². The molecule has 0 aromatic rings. The van der Waals surface area contributed by atoms with Crippen LogP contribution < -0.4 is 0 Å². The second kappa shape index (κ2) is 3.66. The fraction of sp³-hybridized carbons (Fsp3) is 1.00. The standard InChI is InChI=1S/CH4O8/c2-6-1(7-3,8-4)9-5/h2-5H. The molecule has 0 atom stereocenters. The van der Waals surface area contributed by atoms with Crippen LogP contribution in [-0.4, -0.2) is 27.2 Å². The third kappa shape index (κ3) is 1.82. The molecule has 0 aliphatic rings. The molecule has 0 aliphatic carbocycles. The van der Waals surface area contributed by atoms with Crippen molar-refractivity contribution in [3.8, 4) is 0 Å². The Kier molecular flexibility index (Phi) is 3.53. The minimum Gasteiger partial charge on any atom is -0.244 e. The van der Waals surface area contributed by atoms with Gasteiger partial charge in [-0.25, -0.2) is 21.0 Å². The number of hydrogen-bond donors (Lipinski definition) is 4. The average Bonchev–Trinajstić information content (AvgIpc) is 1.95. The first-order valence-electron chi connectivity index (χ1n) is 1.55. The van der Waals surface area contributed by atoms with Crippen LogP contribution in [0.15, 0.2) is 0 Å². The van der Waals surface area contributed by atoms with Crippen molar-refractivity contribution in [2.45, 2.75) is 6.16 Å². The third-order valence-corrected chi connectivity index (χ3v) is 0.447. The maximum atomic E-state index is 7.62. The largest absolute Gasteiger partial charge is 0.519 e. The summed E-state index contributed by atoms with van der Waals surface area (Å²) in [5, 5.41) is 30.5. The molecule has 0 unspecified atom stereocenters. The monoisotopic (exact) mass is 144 g/mol. The second-order valence-electron chi connectivity index (χ2n) is 0.865. The SMILES string of the molecule is OOC(OO)(OO)OO. The molecular formula is CH4O8. The Morgan fingerprint density at radius 2 is 0.889 bits per heavy atom. The molecule has 0 aromatic carbocycles. The highest BCUT2D eigenvalue weighted by molar-refractivity contribution is 4.17. The van der Waals surface area contributed by atoms with Gasteiger partial charge in [-0.15, -0.1) is 19.6 Å². The molecule has 0 rings (SSSR count). The van der Waals surface area contributed by atoms with Crippen molar-refractivity contribution >= 4 is 0 Å². The van der Waals surface area contributed by atoms with Gasteiger partial charge in [0.2, 0.25) is 0 Å². The van der Waals surface area contributed by atoms with Crippen LogP contribution in [0.25, 0.3) is 0 Å². The van der Waals surface area contributed by atoms with Crippen LogP contribution in [0.2, 0.25) is 0 Å². The zero-order valence-electron chi connectivity index (χ0n) is 3.92. The molecule has 0 fully saturated rings. The van der Waals surface area contributed by atoms with Crippen molar-refractivity contribution in [3.05, 3.63) is 0 Å². The van der Waals surface area contributed by atoms with E-state index in [1.165, 1.54) is 0 Å². The van der Waals surface area contributed by atoms with Crippen LogP contribution in [0.3, 0.4) is 0 Å². The molecule has 0 bridgehead atoms. The lowest BCUT2D eigenvalue weighted by atomic mass is 11.2. The van der Waals surface area contributed by atoms with Gasteiger partial charge in [-0.1, -0.05) is 0 Å². The molecule has 56 valence electrons. The molecule has 0 saturated heterocycles. The van der Waals surface area contributed by atoms with Crippen LogP contribution in [0.4, 0.5) is 0 Å². The van der Waals surface area contributed by atoms with E-state index in [2.05, 4.69) is 19.6 Å². The Bertz CT molecular complexity index is 47.5. The smallest absolute Gasteiger partial charge is 0.244 e. The van der Waals surface area contributed by atoms with E-state index >= 15 is 0 Å². The molecule has 4 N–H and O–H groups in total. The first kappa shape index (κ1) is 8.68. The van der Waals surface area contributed by atoms with E-state index in [1.54, 1.807) is 0 Å². The summed E-state index contributed by atoms with van der Waals surface area (Å²) in [6.07, 6.45) is -3.11. The second-order valence-corrected chi connectivity index (χ2v) is 0.865. The van der Waals surface area contributed by atoms with Gasteiger partial charge in [0, 0.05) is 0 Å². The molecule has 0 aromatic heterocycles. The summed E-state index contributed by atoms with van der Waals surface area (Å²) in [5.74, 6) is 0. The van der Waals surface area contributed by atoms with E-state index in [0.717, 1.165) is 0 Å². The minimum absolute atomic E-state index is 2.97. The molecule has 0 heterocycles. The summed E-state index contributed by atoms with van der Waals surface area (Å²) in [4.78, 5) is 11.9. The van der Waals surface area contributed by atoms with Crippen LogP contribution in [-0.2, 0) is 19.6 Å². The van der Waals surface area contributed by atoms with Crippen molar-refractivity contribution in [2.75, 3.05) is 0 Å². The van der Waals surface area contributed by atoms with Crippen molar-refractivity contribution in [3.63, 3.8) is 0 Å². The predicted molar refractivity (Wildman–Crippen MR) is 17.6 cm³/mol. The summed E-state index contributed by atoms with van der Waals surface area (Å²) in [6, 6.07) is 0. The highest BCUT2D eigenvalue weighted by Gasteiger charge is 2.39. The molecule has 0 saturated carbocycles. The van der Waals surface area contributed by atoms with Gasteiger partial charge in [0.15, 0.2) is 0 Å². The van der Waals surface area contributed by atoms with E-state index in [0.29, 0.717) is 0 Å². The van der Waals surface area contributed by atoms with Gasteiger partial charge in [0.25, 0.3) is 0 Å². The van der Waals surface area contributed by atoms with E-state index in [1.807, 2.05) is 0 Å². The molecular weight excluding hydrogens is 140 g/mol. The Hall–Kier alpha value is -0.320. The molecule has 8 heteroatoms. The van der Waals surface area contributed by atoms with Gasteiger partial charge >= 0.3 is 6.16 Å². The van der Waals surface area contributed by atoms with Crippen molar-refractivity contribution < 1.29 is 40.6 Å². The third-order valence-electron chi connectivity index (χ3n) is 0.447. The van der Waals surface area contributed by atoms with Crippen molar-refractivity contribution in [2.24, 2.45) is 0 Å². The maximum absolute atomic E-state index is 7.62. The van der Waals surface area contributed by atoms with Gasteiger partial charge in [0.1, 0.15) is 0 Å². The van der Waals surface area contributed by atoms with Crippen LogP contribution >= 0.6 is 0 Å². The average molecular weight is 144 g/mol. The fourth-order valence-corrected chi connectivity index (χ4v) is 0.100. The zero-order chi connectivity index (χ0) is 7.33. The molecule has 0 radical (unpaired) electrons. The Morgan fingerprint density at radius 1 is 0.667 bits per heavy atom. The van der Waals surface area contributed by atoms with E-state index < -0.39 is 6.16 Å². The lowest BCUT2D eigenvalue weighted by molar-refractivity contribution is -0.720. The van der Waals surface area contributed by atoms with Crippen LogP contribution in [0.1, 0.15) is 0 Å². The lowest BCUT2D eigenvalue weighted by Gasteiger charge is -2.16. The summed E-state index contributed by atoms with van der Waals surface area (Å²) >= 11 is 0. The number of hydrogen-bond acceptors (Lipinski definition) is 8. The highest BCUT2D eigenvalue weighted by atomic mass is 17.4. The molecule has 0 spiro atoms. The van der Waals surface area contributed by atoms with Gasteiger partial charge in [-0.05, 0) is 0 Å². The summed E-state index contributed by atoms with van der Waals surface area (Å²) in [6.45, 7) is 0. The molecule has 0 amide bonds. The Morgan fingerprint density at radius 3 is 0.889 bits per heavy atom. The predicted octanol–water partition coefficient (Wildman–Crippen LogP) is -0.444. The maximum Gasteiger partial charge on any atom is 0.519 e. The first-order valence-corrected chi connectivity index (χ1v) is 1.55. The minimum atomic E-state index is -3.11. The van der Waals surface area contributed by atoms with Gasteiger partial charge in [0.05, 0.1) is 0 Å². The Balaban J connectivity index is 3.82. The molecule has 0 aliphatic heterocycles. The number of rotatable bonds is 4. The normalized spacial score (nSPS) is 12.0. The summed E-state index contributed by atoms with van der Waals surface area (Å²) < 4.78 is 0. The van der Waals surface area contributed by atoms with Crippen molar-refractivity contribution in [1.29, 1.82) is 0 Å². The summed E-state index contributed by atoms with van der Waals surface area (Å²) in [7, 11) is 0. The first-order chi connectivity index (χ1) is 4.24. The molecule has 8 nitrogen and oxygen atoms in total. The molecule has 9 heavy (non-hydrogen) atoms.